The summed E-state index contributed by atoms with van der Waals surface area (Å²) in [6.45, 7) is 0.746. The van der Waals surface area contributed by atoms with Gasteiger partial charge < -0.3 is 25.0 Å². The average Bonchev–Trinajstić information content (AvgIpc) is 2.82. The van der Waals surface area contributed by atoms with Gasteiger partial charge in [-0.15, -0.1) is 0 Å². The fourth-order valence-electron chi connectivity index (χ4n) is 4.98. The maximum atomic E-state index is 5.53. The number of anilines is 2. The Morgan fingerprint density at radius 1 is 0.938 bits per heavy atom. The van der Waals surface area contributed by atoms with Gasteiger partial charge in [-0.05, 0) is 63.5 Å². The van der Waals surface area contributed by atoms with E-state index in [-0.39, 0.29) is 0 Å². The van der Waals surface area contributed by atoms with Crippen molar-refractivity contribution in [2.75, 3.05) is 38.5 Å². The van der Waals surface area contributed by atoms with Crippen LogP contribution in [0.5, 0.6) is 11.5 Å². The predicted molar refractivity (Wildman–Crippen MR) is 129 cm³/mol. The molecular weight excluding hydrogens is 402 g/mol. The topological polar surface area (TPSA) is 71.5 Å². The lowest BCUT2D eigenvalue weighted by atomic mass is 9.91. The Morgan fingerprint density at radius 2 is 1.59 bits per heavy atom. The number of hydrogen-bond donors (Lipinski definition) is 2. The molecule has 2 N–H and O–H groups in total. The zero-order valence-electron chi connectivity index (χ0n) is 19.9. The molecule has 2 aliphatic rings. The summed E-state index contributed by atoms with van der Waals surface area (Å²) >= 11 is 0. The van der Waals surface area contributed by atoms with E-state index in [1.807, 2.05) is 18.2 Å². The Hall–Kier alpha value is -2.54. The van der Waals surface area contributed by atoms with Gasteiger partial charge >= 0.3 is 0 Å². The largest absolute Gasteiger partial charge is 0.496 e. The summed E-state index contributed by atoms with van der Waals surface area (Å²) in [6.07, 6.45) is 9.09. The van der Waals surface area contributed by atoms with E-state index < -0.39 is 0 Å². The first-order valence-corrected chi connectivity index (χ1v) is 11.9. The maximum absolute atomic E-state index is 5.53. The molecule has 4 rings (SSSR count). The zero-order chi connectivity index (χ0) is 22.5. The standard InChI is InChI=1S/C25H37N5O2/c1-30(2)24-19-8-5-6-9-21(19)28-25(29-24)27-18-14-12-17(13-15-18)26-16-20-22(31-3)10-7-11-23(20)32-4/h7,10-11,17-18,26H,5-6,8-9,12-16H2,1-4H3,(H,27,28,29). The Balaban J connectivity index is 1.34. The molecule has 0 amide bonds. The summed E-state index contributed by atoms with van der Waals surface area (Å²) in [6, 6.07) is 6.85. The van der Waals surface area contributed by atoms with Gasteiger partial charge in [-0.3, -0.25) is 0 Å². The van der Waals surface area contributed by atoms with Crippen molar-refractivity contribution in [1.82, 2.24) is 15.3 Å². The highest BCUT2D eigenvalue weighted by Crippen LogP contribution is 2.31. The summed E-state index contributed by atoms with van der Waals surface area (Å²) in [7, 11) is 7.57. The van der Waals surface area contributed by atoms with Crippen LogP contribution in [0.1, 0.15) is 55.3 Å². The summed E-state index contributed by atoms with van der Waals surface area (Å²) in [5.41, 5.74) is 3.65. The molecule has 0 saturated heterocycles. The molecule has 0 bridgehead atoms. The van der Waals surface area contributed by atoms with Crippen LogP contribution in [0, 0.1) is 0 Å². The fraction of sp³-hybridized carbons (Fsp3) is 0.600. The number of methoxy groups -OCH3 is 2. The maximum Gasteiger partial charge on any atom is 0.225 e. The molecule has 174 valence electrons. The Bertz CT molecular complexity index is 887. The first-order valence-electron chi connectivity index (χ1n) is 11.9. The number of aromatic nitrogens is 2. The second-order valence-corrected chi connectivity index (χ2v) is 9.11. The van der Waals surface area contributed by atoms with E-state index >= 15 is 0 Å². The molecule has 7 heteroatoms. The van der Waals surface area contributed by atoms with Crippen molar-refractivity contribution in [3.05, 3.63) is 35.0 Å². The van der Waals surface area contributed by atoms with Crippen molar-refractivity contribution in [1.29, 1.82) is 0 Å². The Kier molecular flexibility index (Phi) is 7.35. The van der Waals surface area contributed by atoms with Crippen molar-refractivity contribution in [2.24, 2.45) is 0 Å². The molecule has 2 aromatic rings. The van der Waals surface area contributed by atoms with Gasteiger partial charge in [0.15, 0.2) is 0 Å². The smallest absolute Gasteiger partial charge is 0.225 e. The van der Waals surface area contributed by atoms with Crippen LogP contribution in [0.3, 0.4) is 0 Å². The van der Waals surface area contributed by atoms with Gasteiger partial charge in [-0.2, -0.15) is 4.98 Å². The number of ether oxygens (including phenoxy) is 2. The molecular formula is C25H37N5O2. The lowest BCUT2D eigenvalue weighted by Crippen LogP contribution is -2.37. The van der Waals surface area contributed by atoms with Crippen molar-refractivity contribution in [3.63, 3.8) is 0 Å². The van der Waals surface area contributed by atoms with Crippen LogP contribution >= 0.6 is 0 Å². The second kappa shape index (κ2) is 10.4. The highest BCUT2D eigenvalue weighted by atomic mass is 16.5. The Morgan fingerprint density at radius 3 is 2.25 bits per heavy atom. The molecule has 0 atom stereocenters. The fourth-order valence-corrected chi connectivity index (χ4v) is 4.98. The van der Waals surface area contributed by atoms with Gasteiger partial charge in [-0.1, -0.05) is 6.07 Å². The summed E-state index contributed by atoms with van der Waals surface area (Å²) in [4.78, 5) is 11.9. The number of nitrogens with one attached hydrogen (secondary N) is 2. The van der Waals surface area contributed by atoms with Gasteiger partial charge in [0.1, 0.15) is 17.3 Å². The number of rotatable bonds is 8. The molecule has 2 aliphatic carbocycles. The number of hydrogen-bond acceptors (Lipinski definition) is 7. The van der Waals surface area contributed by atoms with Crippen molar-refractivity contribution < 1.29 is 9.47 Å². The number of fused-ring (bicyclic) bond motifs is 1. The van der Waals surface area contributed by atoms with Gasteiger partial charge in [-0.25, -0.2) is 4.98 Å². The minimum absolute atomic E-state index is 0.422. The summed E-state index contributed by atoms with van der Waals surface area (Å²) in [5.74, 6) is 3.62. The molecule has 0 radical (unpaired) electrons. The lowest BCUT2D eigenvalue weighted by molar-refractivity contribution is 0.341. The SMILES string of the molecule is COc1cccc(OC)c1CNC1CCC(Nc2nc3c(c(N(C)C)n2)CCCC3)CC1. The van der Waals surface area contributed by atoms with Crippen LogP contribution in [0.15, 0.2) is 18.2 Å². The normalized spacial score (nSPS) is 20.4. The van der Waals surface area contributed by atoms with Crippen LogP contribution in [0.2, 0.25) is 0 Å². The van der Waals surface area contributed by atoms with Crippen molar-refractivity contribution in [2.45, 2.75) is 70.0 Å². The first-order chi connectivity index (χ1) is 15.6. The average molecular weight is 440 g/mol. The molecule has 1 heterocycles. The van der Waals surface area contributed by atoms with Crippen LogP contribution in [-0.2, 0) is 19.4 Å². The third-order valence-electron chi connectivity index (χ3n) is 6.74. The number of nitrogens with zero attached hydrogens (tertiary/aromatic N) is 3. The van der Waals surface area contributed by atoms with E-state index in [9.17, 15) is 0 Å². The molecule has 1 saturated carbocycles. The van der Waals surface area contributed by atoms with Crippen molar-refractivity contribution >= 4 is 11.8 Å². The molecule has 32 heavy (non-hydrogen) atoms. The molecule has 1 aromatic carbocycles. The van der Waals surface area contributed by atoms with E-state index in [1.54, 1.807) is 14.2 Å². The van der Waals surface area contributed by atoms with E-state index in [1.165, 1.54) is 24.1 Å². The Labute approximate surface area is 191 Å². The monoisotopic (exact) mass is 439 g/mol. The van der Waals surface area contributed by atoms with E-state index in [0.29, 0.717) is 12.1 Å². The molecule has 0 spiro atoms. The third kappa shape index (κ3) is 5.09. The van der Waals surface area contributed by atoms with Crippen LogP contribution in [-0.4, -0.2) is 50.4 Å². The van der Waals surface area contributed by atoms with Gasteiger partial charge in [0.25, 0.3) is 0 Å². The van der Waals surface area contributed by atoms with Gasteiger partial charge in [0.2, 0.25) is 5.95 Å². The van der Waals surface area contributed by atoms with E-state index in [2.05, 4.69) is 29.6 Å². The van der Waals surface area contributed by atoms with Crippen LogP contribution < -0.4 is 25.0 Å². The van der Waals surface area contributed by atoms with E-state index in [4.69, 9.17) is 19.4 Å². The van der Waals surface area contributed by atoms with Crippen molar-refractivity contribution in [3.8, 4) is 11.5 Å². The highest BCUT2D eigenvalue weighted by Gasteiger charge is 2.24. The molecule has 1 fully saturated rings. The minimum atomic E-state index is 0.422. The first kappa shape index (κ1) is 22.6. The second-order valence-electron chi connectivity index (χ2n) is 9.11. The predicted octanol–water partition coefficient (Wildman–Crippen LogP) is 3.95. The van der Waals surface area contributed by atoms with Crippen LogP contribution in [0.4, 0.5) is 11.8 Å². The minimum Gasteiger partial charge on any atom is -0.496 e. The quantitative estimate of drug-likeness (QED) is 0.645. The number of aryl methyl sites for hydroxylation is 1. The number of benzene rings is 1. The summed E-state index contributed by atoms with van der Waals surface area (Å²) in [5, 5.41) is 7.35. The van der Waals surface area contributed by atoms with Gasteiger partial charge in [0.05, 0.1) is 19.9 Å². The molecule has 7 nitrogen and oxygen atoms in total. The van der Waals surface area contributed by atoms with Gasteiger partial charge in [0, 0.05) is 43.9 Å². The molecule has 0 unspecified atom stereocenters. The molecule has 0 aliphatic heterocycles. The lowest BCUT2D eigenvalue weighted by Gasteiger charge is -2.31. The van der Waals surface area contributed by atoms with E-state index in [0.717, 1.165) is 73.9 Å². The molecule has 1 aromatic heterocycles. The third-order valence-corrected chi connectivity index (χ3v) is 6.74. The highest BCUT2D eigenvalue weighted by molar-refractivity contribution is 5.53. The van der Waals surface area contributed by atoms with Crippen LogP contribution in [0.25, 0.3) is 0 Å². The zero-order valence-corrected chi connectivity index (χ0v) is 19.9. The summed E-state index contributed by atoms with van der Waals surface area (Å²) < 4.78 is 11.1.